The van der Waals surface area contributed by atoms with Gasteiger partial charge in [-0.05, 0) is 17.5 Å². The molecule has 3 nitrogen and oxygen atoms in total. The van der Waals surface area contributed by atoms with Gasteiger partial charge in [0.15, 0.2) is 0 Å². The van der Waals surface area contributed by atoms with E-state index in [1.807, 2.05) is 4.57 Å². The van der Waals surface area contributed by atoms with E-state index in [1.54, 1.807) is 12.5 Å². The van der Waals surface area contributed by atoms with Crippen molar-refractivity contribution in [2.45, 2.75) is 26.5 Å². The van der Waals surface area contributed by atoms with Gasteiger partial charge >= 0.3 is 0 Å². The molecule has 3 heteroatoms. The summed E-state index contributed by atoms with van der Waals surface area (Å²) in [4.78, 5) is 4.03. The molecule has 0 spiro atoms. The Morgan fingerprint density at radius 1 is 1.19 bits per heavy atom. The van der Waals surface area contributed by atoms with Gasteiger partial charge in [-0.15, -0.1) is 0 Å². The lowest BCUT2D eigenvalue weighted by atomic mass is 10.1. The minimum absolute atomic E-state index is 0.0348. The maximum atomic E-state index is 9.11. The fourth-order valence-electron chi connectivity index (χ4n) is 1.70. The topological polar surface area (TPSA) is 38.0 Å². The van der Waals surface area contributed by atoms with Crippen molar-refractivity contribution in [1.82, 2.24) is 9.55 Å². The molecular weight excluding hydrogens is 200 g/mol. The third kappa shape index (κ3) is 2.31. The predicted molar refractivity (Wildman–Crippen MR) is 63.1 cm³/mol. The van der Waals surface area contributed by atoms with E-state index >= 15 is 0 Å². The van der Waals surface area contributed by atoms with Crippen LogP contribution in [0.1, 0.15) is 23.7 Å². The molecular formula is C13H16N2O. The first-order valence-corrected chi connectivity index (χ1v) is 5.51. The Morgan fingerprint density at radius 3 is 2.50 bits per heavy atom. The summed E-state index contributed by atoms with van der Waals surface area (Å²) in [6.07, 6.45) is 4.51. The first-order chi connectivity index (χ1) is 7.83. The van der Waals surface area contributed by atoms with Crippen molar-refractivity contribution in [3.8, 4) is 0 Å². The van der Waals surface area contributed by atoms with Crippen LogP contribution >= 0.6 is 0 Å². The number of imidazole rings is 1. The number of hydrogen-bond acceptors (Lipinski definition) is 2. The number of aliphatic hydroxyl groups is 1. The molecule has 0 amide bonds. The highest BCUT2D eigenvalue weighted by Gasteiger charge is 2.01. The summed E-state index contributed by atoms with van der Waals surface area (Å²) in [6, 6.07) is 8.54. The molecule has 1 aromatic heterocycles. The van der Waals surface area contributed by atoms with Gasteiger partial charge in [0, 0.05) is 6.54 Å². The van der Waals surface area contributed by atoms with E-state index in [0.29, 0.717) is 0 Å². The average molecular weight is 216 g/mol. The van der Waals surface area contributed by atoms with Crippen LogP contribution < -0.4 is 0 Å². The second-order valence-corrected chi connectivity index (χ2v) is 3.84. The first-order valence-electron chi connectivity index (χ1n) is 5.51. The normalized spacial score (nSPS) is 10.6. The second-order valence-electron chi connectivity index (χ2n) is 3.84. The van der Waals surface area contributed by atoms with E-state index in [1.165, 1.54) is 11.1 Å². The fraction of sp³-hybridized carbons (Fsp3) is 0.308. The molecule has 0 atom stereocenters. The SMILES string of the molecule is CCc1ccc(Cn2cncc2CO)cc1. The Labute approximate surface area is 95.4 Å². The first kappa shape index (κ1) is 10.9. The lowest BCUT2D eigenvalue weighted by Gasteiger charge is -2.06. The molecule has 84 valence electrons. The van der Waals surface area contributed by atoms with Crippen molar-refractivity contribution in [3.05, 3.63) is 53.6 Å². The smallest absolute Gasteiger partial charge is 0.0952 e. The quantitative estimate of drug-likeness (QED) is 0.848. The van der Waals surface area contributed by atoms with E-state index in [-0.39, 0.29) is 6.61 Å². The molecule has 1 N–H and O–H groups in total. The molecule has 2 aromatic rings. The summed E-state index contributed by atoms with van der Waals surface area (Å²) in [5.74, 6) is 0. The maximum Gasteiger partial charge on any atom is 0.0952 e. The van der Waals surface area contributed by atoms with Crippen LogP contribution in [0, 0.1) is 0 Å². The van der Waals surface area contributed by atoms with Crippen LogP contribution in [0.5, 0.6) is 0 Å². The van der Waals surface area contributed by atoms with Crippen LogP contribution in [0.25, 0.3) is 0 Å². The summed E-state index contributed by atoms with van der Waals surface area (Å²) in [5, 5.41) is 9.11. The van der Waals surface area contributed by atoms with Gasteiger partial charge in [0.2, 0.25) is 0 Å². The number of nitrogens with zero attached hydrogens (tertiary/aromatic N) is 2. The van der Waals surface area contributed by atoms with E-state index in [9.17, 15) is 0 Å². The monoisotopic (exact) mass is 216 g/mol. The zero-order chi connectivity index (χ0) is 11.4. The summed E-state index contributed by atoms with van der Waals surface area (Å²) < 4.78 is 1.96. The van der Waals surface area contributed by atoms with Gasteiger partial charge in [0.25, 0.3) is 0 Å². The minimum Gasteiger partial charge on any atom is -0.390 e. The zero-order valence-electron chi connectivity index (χ0n) is 9.43. The van der Waals surface area contributed by atoms with Gasteiger partial charge in [-0.1, -0.05) is 31.2 Å². The van der Waals surface area contributed by atoms with Crippen LogP contribution in [0.3, 0.4) is 0 Å². The highest BCUT2D eigenvalue weighted by Crippen LogP contribution is 2.08. The minimum atomic E-state index is 0.0348. The lowest BCUT2D eigenvalue weighted by molar-refractivity contribution is 0.271. The van der Waals surface area contributed by atoms with Crippen molar-refractivity contribution >= 4 is 0 Å². The molecule has 0 fully saturated rings. The highest BCUT2D eigenvalue weighted by atomic mass is 16.3. The molecule has 0 unspecified atom stereocenters. The zero-order valence-corrected chi connectivity index (χ0v) is 9.43. The summed E-state index contributed by atoms with van der Waals surface area (Å²) in [5.41, 5.74) is 3.42. The number of benzene rings is 1. The fourth-order valence-corrected chi connectivity index (χ4v) is 1.70. The van der Waals surface area contributed by atoms with E-state index in [0.717, 1.165) is 18.7 Å². The number of aryl methyl sites for hydroxylation is 1. The Kier molecular flexibility index (Phi) is 3.37. The van der Waals surface area contributed by atoms with Crippen LogP contribution in [0.4, 0.5) is 0 Å². The molecule has 0 radical (unpaired) electrons. The largest absolute Gasteiger partial charge is 0.390 e. The molecule has 2 rings (SSSR count). The van der Waals surface area contributed by atoms with Crippen molar-refractivity contribution < 1.29 is 5.11 Å². The van der Waals surface area contributed by atoms with Crippen LogP contribution in [0.2, 0.25) is 0 Å². The van der Waals surface area contributed by atoms with Crippen molar-refractivity contribution in [1.29, 1.82) is 0 Å². The Hall–Kier alpha value is -1.61. The third-order valence-corrected chi connectivity index (χ3v) is 2.74. The van der Waals surface area contributed by atoms with E-state index < -0.39 is 0 Å². The number of aromatic nitrogens is 2. The second kappa shape index (κ2) is 4.94. The van der Waals surface area contributed by atoms with Crippen molar-refractivity contribution in [2.24, 2.45) is 0 Å². The Bertz CT molecular complexity index is 445. The molecule has 0 bridgehead atoms. The molecule has 0 saturated heterocycles. The van der Waals surface area contributed by atoms with Crippen LogP contribution in [-0.2, 0) is 19.6 Å². The van der Waals surface area contributed by atoms with Crippen LogP contribution in [-0.4, -0.2) is 14.7 Å². The summed E-state index contributed by atoms with van der Waals surface area (Å²) >= 11 is 0. The molecule has 1 aromatic carbocycles. The number of hydrogen-bond donors (Lipinski definition) is 1. The van der Waals surface area contributed by atoms with Crippen molar-refractivity contribution in [2.75, 3.05) is 0 Å². The van der Waals surface area contributed by atoms with Crippen LogP contribution in [0.15, 0.2) is 36.8 Å². The van der Waals surface area contributed by atoms with E-state index in [4.69, 9.17) is 5.11 Å². The lowest BCUT2D eigenvalue weighted by Crippen LogP contribution is -2.02. The molecule has 1 heterocycles. The summed E-state index contributed by atoms with van der Waals surface area (Å²) in [6.45, 7) is 2.95. The van der Waals surface area contributed by atoms with Gasteiger partial charge in [0.05, 0.1) is 24.8 Å². The Balaban J connectivity index is 2.14. The maximum absolute atomic E-state index is 9.11. The average Bonchev–Trinajstić information content (AvgIpc) is 2.77. The number of aliphatic hydroxyl groups excluding tert-OH is 1. The summed E-state index contributed by atoms with van der Waals surface area (Å²) in [7, 11) is 0. The van der Waals surface area contributed by atoms with E-state index in [2.05, 4.69) is 36.2 Å². The van der Waals surface area contributed by atoms with Gasteiger partial charge in [-0.25, -0.2) is 4.98 Å². The van der Waals surface area contributed by atoms with Gasteiger partial charge in [-0.2, -0.15) is 0 Å². The molecule has 0 saturated carbocycles. The van der Waals surface area contributed by atoms with Crippen molar-refractivity contribution in [3.63, 3.8) is 0 Å². The highest BCUT2D eigenvalue weighted by molar-refractivity contribution is 5.23. The van der Waals surface area contributed by atoms with Gasteiger partial charge in [0.1, 0.15) is 0 Å². The standard InChI is InChI=1S/C13H16N2O/c1-2-11-3-5-12(6-4-11)8-15-10-14-7-13(15)9-16/h3-7,10,16H,2,8-9H2,1H3. The van der Waals surface area contributed by atoms with Gasteiger partial charge in [-0.3, -0.25) is 0 Å². The third-order valence-electron chi connectivity index (χ3n) is 2.74. The molecule has 16 heavy (non-hydrogen) atoms. The molecule has 0 aliphatic carbocycles. The Morgan fingerprint density at radius 2 is 1.88 bits per heavy atom. The number of rotatable bonds is 4. The molecule has 0 aliphatic rings. The van der Waals surface area contributed by atoms with Gasteiger partial charge < -0.3 is 9.67 Å². The predicted octanol–water partition coefficient (Wildman–Crippen LogP) is 1.99. The molecule has 0 aliphatic heterocycles.